The smallest absolute Gasteiger partial charge is 0.145 e. The fourth-order valence-corrected chi connectivity index (χ4v) is 1.31. The van der Waals surface area contributed by atoms with E-state index in [-0.39, 0.29) is 10.6 Å². The molecule has 1 rings (SSSR count). The quantitative estimate of drug-likeness (QED) is 0.823. The average molecular weight is 272 g/mol. The van der Waals surface area contributed by atoms with Gasteiger partial charge in [-0.05, 0) is 38.5 Å². The highest BCUT2D eigenvalue weighted by molar-refractivity contribution is 6.30. The van der Waals surface area contributed by atoms with Gasteiger partial charge in [0, 0.05) is 18.2 Å². The van der Waals surface area contributed by atoms with Crippen LogP contribution in [0.4, 0.5) is 4.39 Å². The van der Waals surface area contributed by atoms with Crippen molar-refractivity contribution in [2.45, 2.75) is 26.3 Å². The molecule has 4 heteroatoms. The molecule has 0 saturated carbocycles. The van der Waals surface area contributed by atoms with Crippen molar-refractivity contribution in [3.8, 4) is 5.75 Å². The van der Waals surface area contributed by atoms with Gasteiger partial charge in [0.15, 0.2) is 0 Å². The molecule has 0 aromatic heterocycles. The molecule has 1 N–H and O–H groups in total. The van der Waals surface area contributed by atoms with Crippen LogP contribution in [-0.4, -0.2) is 18.7 Å². The minimum atomic E-state index is -0.479. The van der Waals surface area contributed by atoms with Gasteiger partial charge in [0.05, 0.1) is 5.02 Å². The molecular weight excluding hydrogens is 253 g/mol. The van der Waals surface area contributed by atoms with E-state index < -0.39 is 5.82 Å². The predicted octanol–water partition coefficient (Wildman–Crippen LogP) is 3.80. The van der Waals surface area contributed by atoms with Crippen molar-refractivity contribution in [2.24, 2.45) is 0 Å². The summed E-state index contributed by atoms with van der Waals surface area (Å²) in [6.45, 7) is 11.2. The van der Waals surface area contributed by atoms with E-state index in [2.05, 4.69) is 32.7 Å². The van der Waals surface area contributed by atoms with Gasteiger partial charge in [-0.15, -0.1) is 0 Å². The lowest BCUT2D eigenvalue weighted by Gasteiger charge is -2.21. The van der Waals surface area contributed by atoms with Gasteiger partial charge in [-0.25, -0.2) is 4.39 Å². The molecule has 0 amide bonds. The highest BCUT2D eigenvalue weighted by Gasteiger charge is 2.09. The fraction of sp³-hybridized carbons (Fsp3) is 0.429. The summed E-state index contributed by atoms with van der Waals surface area (Å²) < 4.78 is 18.6. The summed E-state index contributed by atoms with van der Waals surface area (Å²) >= 11 is 5.59. The number of halogens is 2. The van der Waals surface area contributed by atoms with Gasteiger partial charge < -0.3 is 10.1 Å². The maximum atomic E-state index is 13.2. The molecule has 0 bridgehead atoms. The maximum Gasteiger partial charge on any atom is 0.145 e. The van der Waals surface area contributed by atoms with E-state index in [1.54, 1.807) is 6.07 Å². The Hall–Kier alpha value is -1.06. The Kier molecular flexibility index (Phi) is 5.17. The normalized spacial score (nSPS) is 11.4. The molecule has 0 aliphatic rings. The first-order valence-electron chi connectivity index (χ1n) is 5.77. The molecule has 0 atom stereocenters. The summed E-state index contributed by atoms with van der Waals surface area (Å²) in [4.78, 5) is 0. The summed E-state index contributed by atoms with van der Waals surface area (Å²) in [6.07, 6.45) is 0. The van der Waals surface area contributed by atoms with Gasteiger partial charge >= 0.3 is 0 Å². The molecule has 18 heavy (non-hydrogen) atoms. The zero-order valence-electron chi connectivity index (χ0n) is 11.0. The van der Waals surface area contributed by atoms with Crippen LogP contribution in [0.25, 0.3) is 0 Å². The molecule has 2 nitrogen and oxygen atoms in total. The lowest BCUT2D eigenvalue weighted by molar-refractivity contribution is 0.340. The van der Waals surface area contributed by atoms with Gasteiger partial charge in [-0.3, -0.25) is 0 Å². The van der Waals surface area contributed by atoms with Gasteiger partial charge in [-0.2, -0.15) is 0 Å². The molecule has 0 fully saturated rings. The highest BCUT2D eigenvalue weighted by atomic mass is 35.5. The van der Waals surface area contributed by atoms with Crippen molar-refractivity contribution in [1.29, 1.82) is 0 Å². The van der Waals surface area contributed by atoms with E-state index in [0.29, 0.717) is 18.9 Å². The molecule has 0 spiro atoms. The van der Waals surface area contributed by atoms with Crippen LogP contribution < -0.4 is 10.1 Å². The summed E-state index contributed by atoms with van der Waals surface area (Å²) in [5.41, 5.74) is 0.940. The van der Waals surface area contributed by atoms with Crippen LogP contribution in [0.1, 0.15) is 20.8 Å². The molecule has 0 heterocycles. The third-order valence-electron chi connectivity index (χ3n) is 2.20. The minimum absolute atomic E-state index is 0.0370. The topological polar surface area (TPSA) is 21.3 Å². The Labute approximate surface area is 113 Å². The summed E-state index contributed by atoms with van der Waals surface area (Å²) in [5, 5.41) is 3.40. The SMILES string of the molecule is C=C(CNC(C)(C)C)COc1ccc(Cl)c(F)c1. The second kappa shape index (κ2) is 6.21. The zero-order chi connectivity index (χ0) is 13.8. The van der Waals surface area contributed by atoms with Crippen molar-refractivity contribution in [3.05, 3.63) is 41.2 Å². The summed E-state index contributed by atoms with van der Waals surface area (Å²) in [7, 11) is 0. The third kappa shape index (κ3) is 5.52. The number of benzene rings is 1. The molecule has 0 saturated heterocycles. The van der Waals surface area contributed by atoms with Crippen LogP contribution >= 0.6 is 11.6 Å². The molecule has 0 radical (unpaired) electrons. The van der Waals surface area contributed by atoms with Gasteiger partial charge in [0.25, 0.3) is 0 Å². The number of ether oxygens (including phenoxy) is 1. The number of nitrogens with one attached hydrogen (secondary N) is 1. The standard InChI is InChI=1S/C14H19ClFNO/c1-10(8-17-14(2,3)4)9-18-11-5-6-12(15)13(16)7-11/h5-7,17H,1,8-9H2,2-4H3. The lowest BCUT2D eigenvalue weighted by atomic mass is 10.1. The zero-order valence-corrected chi connectivity index (χ0v) is 11.8. The fourth-order valence-electron chi connectivity index (χ4n) is 1.19. The van der Waals surface area contributed by atoms with E-state index >= 15 is 0 Å². The average Bonchev–Trinajstić information content (AvgIpc) is 2.27. The number of hydrogen-bond donors (Lipinski definition) is 1. The monoisotopic (exact) mass is 271 g/mol. The van der Waals surface area contributed by atoms with E-state index in [4.69, 9.17) is 16.3 Å². The van der Waals surface area contributed by atoms with Crippen molar-refractivity contribution >= 4 is 11.6 Å². The lowest BCUT2D eigenvalue weighted by Crippen LogP contribution is -2.37. The Morgan fingerprint density at radius 3 is 2.67 bits per heavy atom. The molecule has 0 aliphatic carbocycles. The Bertz CT molecular complexity index is 426. The Balaban J connectivity index is 2.40. The van der Waals surface area contributed by atoms with Crippen molar-refractivity contribution in [2.75, 3.05) is 13.2 Å². The van der Waals surface area contributed by atoms with Crippen LogP contribution in [-0.2, 0) is 0 Å². The van der Waals surface area contributed by atoms with E-state index in [1.807, 2.05) is 0 Å². The highest BCUT2D eigenvalue weighted by Crippen LogP contribution is 2.20. The second-order valence-corrected chi connectivity index (χ2v) is 5.63. The Morgan fingerprint density at radius 1 is 1.44 bits per heavy atom. The van der Waals surface area contributed by atoms with Crippen LogP contribution in [0.3, 0.4) is 0 Å². The predicted molar refractivity (Wildman–Crippen MR) is 73.8 cm³/mol. The molecule has 1 aromatic carbocycles. The molecular formula is C14H19ClFNO. The largest absolute Gasteiger partial charge is 0.489 e. The van der Waals surface area contributed by atoms with E-state index in [0.717, 1.165) is 5.57 Å². The molecule has 0 aliphatic heterocycles. The molecule has 1 aromatic rings. The number of rotatable bonds is 5. The first kappa shape index (κ1) is 15.0. The summed E-state index contributed by atoms with van der Waals surface area (Å²) in [6, 6.07) is 4.38. The second-order valence-electron chi connectivity index (χ2n) is 5.22. The van der Waals surface area contributed by atoms with Crippen LogP contribution in [0, 0.1) is 5.82 Å². The van der Waals surface area contributed by atoms with Gasteiger partial charge in [0.2, 0.25) is 0 Å². The van der Waals surface area contributed by atoms with Crippen LogP contribution in [0.2, 0.25) is 5.02 Å². The summed E-state index contributed by atoms with van der Waals surface area (Å²) in [5.74, 6) is -0.0265. The third-order valence-corrected chi connectivity index (χ3v) is 2.51. The van der Waals surface area contributed by atoms with Gasteiger partial charge in [0.1, 0.15) is 18.2 Å². The van der Waals surface area contributed by atoms with Crippen molar-refractivity contribution in [1.82, 2.24) is 5.32 Å². The van der Waals surface area contributed by atoms with Crippen LogP contribution in [0.5, 0.6) is 5.75 Å². The Morgan fingerprint density at radius 2 is 2.11 bits per heavy atom. The van der Waals surface area contributed by atoms with Crippen LogP contribution in [0.15, 0.2) is 30.4 Å². The molecule has 0 unspecified atom stereocenters. The first-order chi connectivity index (χ1) is 8.28. The maximum absolute atomic E-state index is 13.2. The minimum Gasteiger partial charge on any atom is -0.489 e. The number of hydrogen-bond acceptors (Lipinski definition) is 2. The van der Waals surface area contributed by atoms with Crippen molar-refractivity contribution in [3.63, 3.8) is 0 Å². The van der Waals surface area contributed by atoms with E-state index in [9.17, 15) is 4.39 Å². The first-order valence-corrected chi connectivity index (χ1v) is 6.15. The van der Waals surface area contributed by atoms with E-state index in [1.165, 1.54) is 12.1 Å². The molecule has 100 valence electrons. The van der Waals surface area contributed by atoms with Crippen molar-refractivity contribution < 1.29 is 9.13 Å². The van der Waals surface area contributed by atoms with Gasteiger partial charge in [-0.1, -0.05) is 18.2 Å².